The molecule has 2 fully saturated rings. The highest BCUT2D eigenvalue weighted by atomic mass is 35.5. The van der Waals surface area contributed by atoms with Crippen LogP contribution in [-0.2, 0) is 70.1 Å². The number of carbonyl (C=O) groups excluding carboxylic acids is 10. The van der Waals surface area contributed by atoms with E-state index in [1.807, 2.05) is 40.7 Å². The number of allylic oxidation sites excluding steroid dienone is 3. The number of hydrogen-bond donors (Lipinski definition) is 5. The van der Waals surface area contributed by atoms with Crippen LogP contribution in [0.3, 0.4) is 0 Å². The molecule has 0 aliphatic carbocycles. The fraction of sp³-hybridized carbons (Fsp3) is 0.623. The largest absolute Gasteiger partial charge is 0.495 e. The van der Waals surface area contributed by atoms with Crippen molar-refractivity contribution in [2.45, 2.75) is 212 Å². The van der Waals surface area contributed by atoms with Crippen LogP contribution in [0.25, 0.3) is 0 Å². The van der Waals surface area contributed by atoms with Gasteiger partial charge in [0.15, 0.2) is 5.78 Å². The fourth-order valence-corrected chi connectivity index (χ4v) is 12.5. The molecule has 10 atom stereocenters. The maximum absolute atomic E-state index is 14.6. The van der Waals surface area contributed by atoms with Gasteiger partial charge in [0.1, 0.15) is 57.7 Å². The van der Waals surface area contributed by atoms with Crippen molar-refractivity contribution < 1.29 is 81.5 Å². The highest BCUT2D eigenvalue weighted by Crippen LogP contribution is 2.50. The van der Waals surface area contributed by atoms with Crippen LogP contribution >= 0.6 is 11.6 Å². The molecule has 6 amide bonds. The number of halogens is 1. The van der Waals surface area contributed by atoms with Gasteiger partial charge in [-0.2, -0.15) is 0 Å². The van der Waals surface area contributed by atoms with Crippen LogP contribution in [0.15, 0.2) is 54.1 Å². The number of likely N-dealkylation sites (N-methyl/N-ethyl adjacent to an activating group) is 1. The molecule has 23 nitrogen and oxygen atoms in total. The molecule has 93 heavy (non-hydrogen) atoms. The van der Waals surface area contributed by atoms with Crippen molar-refractivity contribution in [1.82, 2.24) is 20.9 Å². The lowest BCUT2D eigenvalue weighted by molar-refractivity contribution is -0.187. The van der Waals surface area contributed by atoms with Gasteiger partial charge in [-0.15, -0.1) is 0 Å². The summed E-state index contributed by atoms with van der Waals surface area (Å²) in [5.74, 6) is -6.57. The first-order chi connectivity index (χ1) is 43.7. The number of benzene rings is 2. The monoisotopic (exact) mass is 1320 g/mol. The van der Waals surface area contributed by atoms with Crippen LogP contribution in [0.2, 0.25) is 5.02 Å². The van der Waals surface area contributed by atoms with Crippen molar-refractivity contribution >= 4 is 76.4 Å². The van der Waals surface area contributed by atoms with Crippen LogP contribution in [0.1, 0.15) is 178 Å². The molecule has 6 N–H and O–H groups in total. The number of nitrogens with two attached hydrogens (primary N) is 1. The number of urea groups is 1. The van der Waals surface area contributed by atoms with Gasteiger partial charge in [-0.3, -0.25) is 38.4 Å². The average molecular weight is 1320 g/mol. The summed E-state index contributed by atoms with van der Waals surface area (Å²) < 4.78 is 35.7. The molecule has 3 heterocycles. The fourth-order valence-electron chi connectivity index (χ4n) is 12.1. The Morgan fingerprint density at radius 2 is 1.68 bits per heavy atom. The summed E-state index contributed by atoms with van der Waals surface area (Å²) in [4.78, 5) is 139. The number of primary amides is 1. The van der Waals surface area contributed by atoms with Crippen LogP contribution in [0.4, 0.5) is 10.5 Å². The van der Waals surface area contributed by atoms with E-state index in [1.165, 1.54) is 65.4 Å². The van der Waals surface area contributed by atoms with Crippen LogP contribution in [-0.4, -0.2) is 164 Å². The number of amides is 6. The Morgan fingerprint density at radius 3 is 2.30 bits per heavy atom. The van der Waals surface area contributed by atoms with Crippen LogP contribution < -0.4 is 31.3 Å². The maximum atomic E-state index is 14.6. The van der Waals surface area contributed by atoms with Crippen molar-refractivity contribution in [2.24, 2.45) is 29.4 Å². The summed E-state index contributed by atoms with van der Waals surface area (Å²) in [7, 11) is 7.13. The molecular formula is C69H99ClN6O17. The van der Waals surface area contributed by atoms with E-state index in [0.29, 0.717) is 50.0 Å². The van der Waals surface area contributed by atoms with Crippen molar-refractivity contribution in [3.8, 4) is 5.75 Å². The minimum absolute atomic E-state index is 0.0380. The molecule has 0 saturated carbocycles. The zero-order valence-electron chi connectivity index (χ0n) is 56.8. The average Bonchev–Trinajstić information content (AvgIpc) is 1.58. The summed E-state index contributed by atoms with van der Waals surface area (Å²) in [5, 5.41) is 20.1. The summed E-state index contributed by atoms with van der Waals surface area (Å²) in [5.41, 5.74) is 3.55. The number of nitrogens with zero attached hydrogens (tertiary/aromatic N) is 2. The summed E-state index contributed by atoms with van der Waals surface area (Å²) in [6.45, 7) is 18.0. The molecule has 514 valence electrons. The number of rotatable bonds is 28. The number of unbranched alkanes of at least 4 members (excludes halogenated alkanes) is 1. The van der Waals surface area contributed by atoms with E-state index in [4.69, 9.17) is 45.8 Å². The van der Waals surface area contributed by atoms with E-state index in [9.17, 15) is 53.1 Å². The Hall–Kier alpha value is -7.21. The van der Waals surface area contributed by atoms with Crippen molar-refractivity contribution in [3.63, 3.8) is 0 Å². The Morgan fingerprint density at radius 1 is 0.989 bits per heavy atom. The molecule has 3 aliphatic rings. The number of aliphatic hydroxyl groups is 1. The lowest BCUT2D eigenvalue weighted by atomic mass is 9.78. The topological polar surface area (TPSA) is 318 Å². The Labute approximate surface area is 552 Å². The van der Waals surface area contributed by atoms with Gasteiger partial charge in [-0.25, -0.2) is 9.59 Å². The first-order valence-electron chi connectivity index (χ1n) is 32.2. The molecule has 3 aliphatic heterocycles. The smallest absolute Gasteiger partial charge is 0.328 e. The number of fused-ring (bicyclic) bond motifs is 5. The number of Topliss-reactive ketones (excluding diaryl/α,β-unsaturated/α-hetero) is 2. The third-order valence-corrected chi connectivity index (χ3v) is 18.7. The third-order valence-electron chi connectivity index (χ3n) is 18.3. The molecule has 0 aromatic heterocycles. The summed E-state index contributed by atoms with van der Waals surface area (Å²) >= 11 is 6.88. The van der Waals surface area contributed by atoms with Crippen molar-refractivity contribution in [1.29, 1.82) is 0 Å². The van der Waals surface area contributed by atoms with Gasteiger partial charge in [0.25, 0.3) is 11.8 Å². The van der Waals surface area contributed by atoms with Crippen LogP contribution in [0, 0.1) is 23.7 Å². The van der Waals surface area contributed by atoms with Crippen LogP contribution in [0.5, 0.6) is 5.75 Å². The molecule has 2 saturated heterocycles. The SMILES string of the molecule is CCC(CC)C(=O)OC(C)(C)CCCCC(=O)C[C@H](C(=O)N[C@@H](CCCNC(N)=O)C(=O)Cc1ccc(C(=O)N(C)[C@@H](C)C(=O)O[C@H]2CC(=O)N(C)c3cc(cc(OC)c3Cl)C/C(C)=C/C=C/[C@@H](OC)[C@]3(O)CC(=O)O[C@@H](C3)[C@@H](C)[C@@H]3O[C@@]23C)cc1C(=O)NC)C(C)C. The zero-order chi connectivity index (χ0) is 69.4. The van der Waals surface area contributed by atoms with Gasteiger partial charge in [0.05, 0.1) is 43.7 Å². The number of methoxy groups -OCH3 is 2. The number of epoxide rings is 1. The van der Waals surface area contributed by atoms with Gasteiger partial charge < -0.3 is 65.0 Å². The summed E-state index contributed by atoms with van der Waals surface area (Å²) in [6.07, 6.45) is 3.86. The first kappa shape index (κ1) is 76.5. The van der Waals surface area contributed by atoms with Crippen molar-refractivity contribution in [3.05, 3.63) is 81.4 Å². The lowest BCUT2D eigenvalue weighted by Crippen LogP contribution is -2.53. The van der Waals surface area contributed by atoms with Gasteiger partial charge in [0.2, 0.25) is 11.8 Å². The van der Waals surface area contributed by atoms with E-state index >= 15 is 0 Å². The number of anilines is 1. The number of nitrogens with one attached hydrogen (secondary N) is 3. The number of ether oxygens (including phenoxy) is 6. The normalized spacial score (nSPS) is 23.6. The number of hydrogen-bond acceptors (Lipinski definition) is 17. The van der Waals surface area contributed by atoms with E-state index in [-0.39, 0.29) is 90.4 Å². The molecule has 0 radical (unpaired) electrons. The Kier molecular flexibility index (Phi) is 27.8. The highest BCUT2D eigenvalue weighted by Gasteiger charge is 2.64. The predicted molar refractivity (Wildman–Crippen MR) is 349 cm³/mol. The van der Waals surface area contributed by atoms with Gasteiger partial charge in [-0.1, -0.05) is 76.1 Å². The molecule has 2 aromatic rings. The number of carbonyl (C=O) groups is 10. The standard InChI is InChI=1S/C69H99ClN6O17/c1-16-44(17-2)65(85)93-67(8,9)28-19-18-23-47(77)35-48(39(3)4)62(82)74-50(24-21-29-73-66(71)86)52(78)34-45-26-27-46(33-49(45)61(81)72-11)63(83)75(12)42(7)64(84)91-56-36-57(79)76(13)51-31-43(32-53(88-14)59(51)70)30-40(5)22-20-25-55(89-15)69(87)37-54(90-58(80)38-69)41(6)60-68(56,10)92-60/h20,22,25-27,31-33,39,41-42,44,48,50,54-56,60,87H,16-19,21,23-24,28-30,34-38H2,1-15H3,(H,72,81)(H,74,82)(H3,71,73,86)/b25-20+,40-22+/t41-,42+,48+,50+,54+,55-,56+,60+,68+,69-/m1/s1. The van der Waals surface area contributed by atoms with Gasteiger partial charge in [0, 0.05) is 83.4 Å². The molecule has 0 unspecified atom stereocenters. The minimum atomic E-state index is -1.68. The Balaban J connectivity index is 1.37. The number of ketones is 2. The van der Waals surface area contributed by atoms with E-state index < -0.39 is 125 Å². The van der Waals surface area contributed by atoms with Gasteiger partial charge >= 0.3 is 23.9 Å². The maximum Gasteiger partial charge on any atom is 0.328 e. The van der Waals surface area contributed by atoms with Gasteiger partial charge in [-0.05, 0) is 127 Å². The summed E-state index contributed by atoms with van der Waals surface area (Å²) in [6, 6.07) is 4.35. The molecule has 24 heteroatoms. The molecule has 2 aromatic carbocycles. The second kappa shape index (κ2) is 33.8. The van der Waals surface area contributed by atoms with E-state index in [2.05, 4.69) is 16.0 Å². The highest BCUT2D eigenvalue weighted by molar-refractivity contribution is 6.35. The predicted octanol–water partition coefficient (Wildman–Crippen LogP) is 8.03. The Bertz CT molecular complexity index is 3130. The molecule has 5 rings (SSSR count). The first-order valence-corrected chi connectivity index (χ1v) is 32.6. The zero-order valence-corrected chi connectivity index (χ0v) is 57.6. The van der Waals surface area contributed by atoms with E-state index in [0.717, 1.165) is 16.0 Å². The quantitative estimate of drug-likeness (QED) is 0.0233. The van der Waals surface area contributed by atoms with E-state index in [1.54, 1.807) is 52.0 Å². The molecular weight excluding hydrogens is 1220 g/mol. The lowest BCUT2D eigenvalue weighted by Gasteiger charge is -2.41. The molecule has 0 spiro atoms. The van der Waals surface area contributed by atoms with Crippen molar-refractivity contribution in [2.75, 3.05) is 46.8 Å². The second-order valence-electron chi connectivity index (χ2n) is 26.2. The molecule has 4 bridgehead atoms. The second-order valence-corrected chi connectivity index (χ2v) is 26.6. The third kappa shape index (κ3) is 20.4. The minimum Gasteiger partial charge on any atom is -0.495 e. The number of esters is 3.